The number of nitrogens with one attached hydrogen (secondary N) is 1. The second-order valence-corrected chi connectivity index (χ2v) is 3.76. The predicted octanol–water partition coefficient (Wildman–Crippen LogP) is 2.14. The molecule has 0 saturated carbocycles. The molecule has 2 rings (SSSR count). The number of aromatic nitrogens is 2. The molecule has 2 heterocycles. The van der Waals surface area contributed by atoms with E-state index < -0.39 is 0 Å². The lowest BCUT2D eigenvalue weighted by molar-refractivity contribution is 0.626. The molecule has 0 radical (unpaired) electrons. The Hall–Kier alpha value is -1.71. The van der Waals surface area contributed by atoms with Gasteiger partial charge in [-0.25, -0.2) is 4.39 Å². The van der Waals surface area contributed by atoms with Crippen molar-refractivity contribution in [2.24, 2.45) is 0 Å². The predicted molar refractivity (Wildman–Crippen MR) is 55.5 cm³/mol. The first-order chi connectivity index (χ1) is 7.09. The Morgan fingerprint density at radius 2 is 2.20 bits per heavy atom. The summed E-state index contributed by atoms with van der Waals surface area (Å²) >= 11 is 0. The highest BCUT2D eigenvalue weighted by molar-refractivity contribution is 5.57. The van der Waals surface area contributed by atoms with Gasteiger partial charge in [-0.1, -0.05) is 13.8 Å². The van der Waals surface area contributed by atoms with E-state index in [1.165, 1.54) is 12.3 Å². The Kier molecular flexibility index (Phi) is 2.26. The average Bonchev–Trinajstić information content (AvgIpc) is 2.16. The van der Waals surface area contributed by atoms with E-state index in [1.807, 2.05) is 13.8 Å². The zero-order valence-electron chi connectivity index (χ0n) is 8.54. The third-order valence-corrected chi connectivity index (χ3v) is 2.34. The summed E-state index contributed by atoms with van der Waals surface area (Å²) in [5.41, 5.74) is 0.612. The van der Waals surface area contributed by atoms with Gasteiger partial charge >= 0.3 is 0 Å². The smallest absolute Gasteiger partial charge is 0.275 e. The van der Waals surface area contributed by atoms with Crippen LogP contribution in [0.1, 0.15) is 25.3 Å². The Morgan fingerprint density at radius 1 is 1.47 bits per heavy atom. The number of aromatic amines is 1. The number of hydrogen-bond acceptors (Lipinski definition) is 2. The molecular formula is C11H11FN2O. The van der Waals surface area contributed by atoms with Crippen LogP contribution in [-0.2, 0) is 0 Å². The van der Waals surface area contributed by atoms with Crippen molar-refractivity contribution >= 4 is 0 Å². The molecule has 0 amide bonds. The zero-order valence-corrected chi connectivity index (χ0v) is 8.54. The Morgan fingerprint density at radius 3 is 2.87 bits per heavy atom. The van der Waals surface area contributed by atoms with Crippen LogP contribution in [0, 0.1) is 5.82 Å². The van der Waals surface area contributed by atoms with Crippen molar-refractivity contribution in [3.05, 3.63) is 40.1 Å². The SMILES string of the molecule is CC(C)c1cc2c(F)cc[nH]c-2nc1=O. The molecule has 15 heavy (non-hydrogen) atoms. The van der Waals surface area contributed by atoms with Gasteiger partial charge in [0, 0.05) is 11.8 Å². The number of H-pyrrole nitrogens is 1. The largest absolute Gasteiger partial charge is 0.346 e. The van der Waals surface area contributed by atoms with Gasteiger partial charge in [0.2, 0.25) is 0 Å². The first-order valence-electron chi connectivity index (χ1n) is 4.77. The molecule has 1 N–H and O–H groups in total. The van der Waals surface area contributed by atoms with E-state index in [0.29, 0.717) is 17.0 Å². The van der Waals surface area contributed by atoms with Crippen molar-refractivity contribution in [3.8, 4) is 11.4 Å². The van der Waals surface area contributed by atoms with Crippen LogP contribution in [0.15, 0.2) is 23.1 Å². The normalized spacial score (nSPS) is 11.2. The van der Waals surface area contributed by atoms with E-state index in [2.05, 4.69) is 9.97 Å². The minimum Gasteiger partial charge on any atom is -0.346 e. The minimum absolute atomic E-state index is 0.0500. The van der Waals surface area contributed by atoms with Crippen molar-refractivity contribution in [1.29, 1.82) is 0 Å². The maximum absolute atomic E-state index is 13.4. The van der Waals surface area contributed by atoms with E-state index >= 15 is 0 Å². The minimum atomic E-state index is -0.363. The molecule has 0 saturated heterocycles. The molecule has 0 fully saturated rings. The van der Waals surface area contributed by atoms with Crippen LogP contribution in [0.3, 0.4) is 0 Å². The number of nitrogens with zero attached hydrogens (tertiary/aromatic N) is 1. The number of rotatable bonds is 1. The Bertz CT molecular complexity index is 519. The molecule has 4 heteroatoms. The zero-order chi connectivity index (χ0) is 11.0. The summed E-state index contributed by atoms with van der Waals surface area (Å²) in [6, 6.07) is 2.89. The maximum atomic E-state index is 13.4. The highest BCUT2D eigenvalue weighted by Crippen LogP contribution is 2.22. The third kappa shape index (κ3) is 1.63. The molecule has 0 spiro atoms. The number of hydrogen-bond donors (Lipinski definition) is 1. The molecule has 0 atom stereocenters. The van der Waals surface area contributed by atoms with Crippen LogP contribution in [0.25, 0.3) is 11.4 Å². The van der Waals surface area contributed by atoms with Gasteiger partial charge in [0.15, 0.2) is 0 Å². The van der Waals surface area contributed by atoms with Crippen molar-refractivity contribution in [1.82, 2.24) is 9.97 Å². The second kappa shape index (κ2) is 3.46. The molecule has 0 aromatic carbocycles. The molecule has 0 aromatic heterocycles. The highest BCUT2D eigenvalue weighted by atomic mass is 19.1. The molecule has 78 valence electrons. The molecule has 0 unspecified atom stereocenters. The second-order valence-electron chi connectivity index (χ2n) is 3.76. The van der Waals surface area contributed by atoms with Crippen LogP contribution in [0.2, 0.25) is 0 Å². The number of halogens is 1. The maximum Gasteiger partial charge on any atom is 0.275 e. The van der Waals surface area contributed by atoms with Crippen molar-refractivity contribution in [2.75, 3.05) is 0 Å². The number of fused-ring (bicyclic) bond motifs is 1. The summed E-state index contributed by atoms with van der Waals surface area (Å²) in [6.07, 6.45) is 1.43. The Labute approximate surface area is 86.3 Å². The van der Waals surface area contributed by atoms with Crippen LogP contribution in [0.4, 0.5) is 4.39 Å². The molecule has 0 aromatic rings. The van der Waals surface area contributed by atoms with Gasteiger partial charge in [-0.2, -0.15) is 4.98 Å². The van der Waals surface area contributed by atoms with E-state index in [9.17, 15) is 9.18 Å². The topological polar surface area (TPSA) is 45.8 Å². The summed E-state index contributed by atoms with van der Waals surface area (Å²) in [6.45, 7) is 3.77. The molecule has 2 aliphatic heterocycles. The molecule has 3 nitrogen and oxygen atoms in total. The van der Waals surface area contributed by atoms with Crippen LogP contribution in [-0.4, -0.2) is 9.97 Å². The summed E-state index contributed by atoms with van der Waals surface area (Å²) in [4.78, 5) is 18.1. The van der Waals surface area contributed by atoms with E-state index in [4.69, 9.17) is 0 Å². The standard InChI is InChI=1S/C11H11FN2O/c1-6(2)7-5-8-9(12)3-4-13-10(8)14-11(7)15/h3-6H,1-2H3,(H,13,14,15). The van der Waals surface area contributed by atoms with Crippen LogP contribution < -0.4 is 5.56 Å². The van der Waals surface area contributed by atoms with Crippen molar-refractivity contribution in [2.45, 2.75) is 19.8 Å². The van der Waals surface area contributed by atoms with Crippen molar-refractivity contribution in [3.63, 3.8) is 0 Å². The van der Waals surface area contributed by atoms with E-state index in [1.54, 1.807) is 6.07 Å². The van der Waals surface area contributed by atoms with E-state index in [0.717, 1.165) is 0 Å². The lowest BCUT2D eigenvalue weighted by atomic mass is 10.0. The summed E-state index contributed by atoms with van der Waals surface area (Å²) in [5, 5.41) is 0. The number of pyridine rings is 2. The molecular weight excluding hydrogens is 195 g/mol. The molecule has 0 aliphatic carbocycles. The fourth-order valence-electron chi connectivity index (χ4n) is 1.50. The first kappa shape index (κ1) is 9.83. The summed E-state index contributed by atoms with van der Waals surface area (Å²) < 4.78 is 13.4. The van der Waals surface area contributed by atoms with Crippen LogP contribution in [0.5, 0.6) is 0 Å². The van der Waals surface area contributed by atoms with Crippen LogP contribution >= 0.6 is 0 Å². The highest BCUT2D eigenvalue weighted by Gasteiger charge is 2.14. The van der Waals surface area contributed by atoms with Gasteiger partial charge < -0.3 is 4.98 Å². The van der Waals surface area contributed by atoms with Gasteiger partial charge in [-0.05, 0) is 18.1 Å². The first-order valence-corrected chi connectivity index (χ1v) is 4.77. The van der Waals surface area contributed by atoms with Gasteiger partial charge in [-0.3, -0.25) is 4.79 Å². The lowest BCUT2D eigenvalue weighted by Gasteiger charge is -2.09. The van der Waals surface area contributed by atoms with Gasteiger partial charge in [0.05, 0.1) is 5.56 Å². The average molecular weight is 206 g/mol. The monoisotopic (exact) mass is 206 g/mol. The van der Waals surface area contributed by atoms with Gasteiger partial charge in [-0.15, -0.1) is 0 Å². The van der Waals surface area contributed by atoms with Gasteiger partial charge in [0.25, 0.3) is 5.56 Å². The molecule has 2 aliphatic rings. The van der Waals surface area contributed by atoms with Gasteiger partial charge in [0.1, 0.15) is 11.6 Å². The van der Waals surface area contributed by atoms with Crippen molar-refractivity contribution < 1.29 is 4.39 Å². The fraction of sp³-hybridized carbons (Fsp3) is 0.273. The summed E-state index contributed by atoms with van der Waals surface area (Å²) in [7, 11) is 0. The molecule has 0 bridgehead atoms. The fourth-order valence-corrected chi connectivity index (χ4v) is 1.50. The lowest BCUT2D eigenvalue weighted by Crippen LogP contribution is -2.16. The third-order valence-electron chi connectivity index (χ3n) is 2.34. The van der Waals surface area contributed by atoms with E-state index in [-0.39, 0.29) is 17.3 Å². The summed E-state index contributed by atoms with van der Waals surface area (Å²) in [5.74, 6) is -0.0171. The quantitative estimate of drug-likeness (QED) is 0.776. The Balaban J connectivity index is 2.79.